The summed E-state index contributed by atoms with van der Waals surface area (Å²) in [7, 11) is 0. The minimum atomic E-state index is -1.15. The smallest absolute Gasteiger partial charge is 0.423 e. The van der Waals surface area contributed by atoms with Gasteiger partial charge < -0.3 is 10.1 Å². The van der Waals surface area contributed by atoms with E-state index in [1.54, 1.807) is 0 Å². The van der Waals surface area contributed by atoms with Crippen LogP contribution >= 0.6 is 0 Å². The zero-order chi connectivity index (χ0) is 9.14. The number of nitrogens with zero attached hydrogens (tertiary/aromatic N) is 1. The Morgan fingerprint density at radius 2 is 2.25 bits per heavy atom. The van der Waals surface area contributed by atoms with Gasteiger partial charge in [-0.3, -0.25) is 5.43 Å². The molecule has 0 saturated carbocycles. The number of carbonyl (C=O) groups is 1. The van der Waals surface area contributed by atoms with Gasteiger partial charge in [-0.15, -0.1) is 0 Å². The fraction of sp³-hybridized carbons (Fsp3) is 0.333. The monoisotopic (exact) mass is 170 g/mol. The van der Waals surface area contributed by atoms with Crippen LogP contribution in [0.5, 0.6) is 0 Å². The molecule has 0 saturated heterocycles. The fourth-order valence-corrected chi connectivity index (χ4v) is 0.719. The van der Waals surface area contributed by atoms with Gasteiger partial charge in [-0.05, 0) is 13.8 Å². The lowest BCUT2D eigenvalue weighted by atomic mass is 10.4. The molecule has 66 valence electrons. The number of aromatic amines is 1. The van der Waals surface area contributed by atoms with E-state index in [1.165, 1.54) is 0 Å². The van der Waals surface area contributed by atoms with E-state index in [0.717, 1.165) is 11.4 Å². The van der Waals surface area contributed by atoms with Crippen molar-refractivity contribution in [3.8, 4) is 0 Å². The molecular weight excluding hydrogens is 160 g/mol. The maximum atomic E-state index is 10.0. The molecule has 1 heterocycles. The van der Waals surface area contributed by atoms with Gasteiger partial charge in [0.15, 0.2) is 0 Å². The van der Waals surface area contributed by atoms with Crippen molar-refractivity contribution in [1.29, 1.82) is 0 Å². The Hall–Kier alpha value is -1.72. The fourth-order valence-electron chi connectivity index (χ4n) is 0.719. The largest absolute Gasteiger partial charge is 0.464 e. The number of nitrogens with one attached hydrogen (secondary N) is 3. The van der Waals surface area contributed by atoms with Crippen molar-refractivity contribution in [3.05, 3.63) is 11.4 Å². The van der Waals surface area contributed by atoms with Crippen LogP contribution in [0.1, 0.15) is 11.4 Å². The molecule has 12 heavy (non-hydrogen) atoms. The summed E-state index contributed by atoms with van der Waals surface area (Å²) in [5.41, 5.74) is 6.11. The summed E-state index contributed by atoms with van der Waals surface area (Å²) in [4.78, 5) is 16.9. The average molecular weight is 170 g/mol. The van der Waals surface area contributed by atoms with Gasteiger partial charge in [0.05, 0.1) is 5.69 Å². The van der Waals surface area contributed by atoms with E-state index in [9.17, 15) is 4.79 Å². The maximum absolute atomic E-state index is 10.0. The number of aryl methyl sites for hydroxylation is 2. The third kappa shape index (κ3) is 1.88. The molecule has 0 spiro atoms. The molecule has 6 heteroatoms. The summed E-state index contributed by atoms with van der Waals surface area (Å²) < 4.78 is 0. The second-order valence-corrected chi connectivity index (χ2v) is 2.35. The van der Waals surface area contributed by atoms with Crippen LogP contribution in [-0.4, -0.2) is 21.2 Å². The standard InChI is InChI=1S/C6H10N4O2/c1-3-4(2)8-5(7-3)9-10-6(11)12/h10H,1-2H3,(H,11,12)(H2,7,8,9). The van der Waals surface area contributed by atoms with E-state index in [-0.39, 0.29) is 0 Å². The molecule has 0 radical (unpaired) electrons. The molecule has 0 fully saturated rings. The third-order valence-electron chi connectivity index (χ3n) is 1.42. The number of hydrazine groups is 1. The SMILES string of the molecule is Cc1nc(NNC(=O)O)[nH]c1C. The summed E-state index contributed by atoms with van der Waals surface area (Å²) >= 11 is 0. The second-order valence-electron chi connectivity index (χ2n) is 2.35. The van der Waals surface area contributed by atoms with Crippen LogP contribution in [-0.2, 0) is 0 Å². The molecule has 0 aliphatic carbocycles. The summed E-state index contributed by atoms with van der Waals surface area (Å²) in [5.74, 6) is 0.396. The molecule has 0 aromatic carbocycles. The third-order valence-corrected chi connectivity index (χ3v) is 1.42. The molecule has 1 aromatic heterocycles. The number of H-pyrrole nitrogens is 1. The van der Waals surface area contributed by atoms with Crippen LogP contribution in [0.2, 0.25) is 0 Å². The van der Waals surface area contributed by atoms with Crippen molar-refractivity contribution in [3.63, 3.8) is 0 Å². The molecule has 0 unspecified atom stereocenters. The normalized spacial score (nSPS) is 9.50. The summed E-state index contributed by atoms with van der Waals surface area (Å²) in [6, 6.07) is 0. The van der Waals surface area contributed by atoms with Crippen LogP contribution in [0.15, 0.2) is 0 Å². The summed E-state index contributed by atoms with van der Waals surface area (Å²) in [6.45, 7) is 3.69. The van der Waals surface area contributed by atoms with Crippen LogP contribution in [0.4, 0.5) is 10.7 Å². The van der Waals surface area contributed by atoms with Crippen molar-refractivity contribution in [2.75, 3.05) is 5.43 Å². The van der Waals surface area contributed by atoms with E-state index >= 15 is 0 Å². The molecule has 1 aromatic rings. The van der Waals surface area contributed by atoms with E-state index in [1.807, 2.05) is 19.3 Å². The first-order valence-corrected chi connectivity index (χ1v) is 3.37. The first-order chi connectivity index (χ1) is 5.59. The van der Waals surface area contributed by atoms with Crippen LogP contribution in [0, 0.1) is 13.8 Å². The van der Waals surface area contributed by atoms with Crippen LogP contribution in [0.3, 0.4) is 0 Å². The van der Waals surface area contributed by atoms with Gasteiger partial charge in [0.2, 0.25) is 5.95 Å². The highest BCUT2D eigenvalue weighted by atomic mass is 16.4. The minimum Gasteiger partial charge on any atom is -0.464 e. The molecular formula is C6H10N4O2. The molecule has 0 aliphatic rings. The molecule has 1 amide bonds. The van der Waals surface area contributed by atoms with Crippen molar-refractivity contribution in [2.45, 2.75) is 13.8 Å². The van der Waals surface area contributed by atoms with Crippen LogP contribution in [0.25, 0.3) is 0 Å². The molecule has 0 aliphatic heterocycles. The molecule has 0 atom stereocenters. The summed E-state index contributed by atoms with van der Waals surface area (Å²) in [6.07, 6.45) is -1.15. The van der Waals surface area contributed by atoms with E-state index in [0.29, 0.717) is 5.95 Å². The van der Waals surface area contributed by atoms with Gasteiger partial charge >= 0.3 is 6.09 Å². The lowest BCUT2D eigenvalue weighted by molar-refractivity contribution is 0.197. The first-order valence-electron chi connectivity index (χ1n) is 3.37. The lowest BCUT2D eigenvalue weighted by Gasteiger charge is -1.98. The summed E-state index contributed by atoms with van der Waals surface area (Å²) in [5, 5.41) is 8.24. The Morgan fingerprint density at radius 3 is 2.67 bits per heavy atom. The van der Waals surface area contributed by atoms with E-state index < -0.39 is 6.09 Å². The zero-order valence-corrected chi connectivity index (χ0v) is 6.80. The van der Waals surface area contributed by atoms with Crippen molar-refractivity contribution >= 4 is 12.0 Å². The first kappa shape index (κ1) is 8.38. The van der Waals surface area contributed by atoms with Gasteiger partial charge in [0.25, 0.3) is 0 Å². The quantitative estimate of drug-likeness (QED) is 0.490. The number of anilines is 1. The Bertz CT molecular complexity index is 274. The predicted octanol–water partition coefficient (Wildman–Crippen LogP) is 0.621. The lowest BCUT2D eigenvalue weighted by Crippen LogP contribution is -2.27. The molecule has 6 nitrogen and oxygen atoms in total. The topological polar surface area (TPSA) is 90.0 Å². The van der Waals surface area contributed by atoms with E-state index in [4.69, 9.17) is 5.11 Å². The van der Waals surface area contributed by atoms with Gasteiger partial charge in [-0.2, -0.15) is 0 Å². The highest BCUT2D eigenvalue weighted by Crippen LogP contribution is 2.05. The molecule has 4 N–H and O–H groups in total. The second kappa shape index (κ2) is 3.12. The number of hydrogen-bond acceptors (Lipinski definition) is 3. The number of amides is 1. The van der Waals surface area contributed by atoms with Crippen LogP contribution < -0.4 is 10.9 Å². The van der Waals surface area contributed by atoms with Crippen molar-refractivity contribution in [1.82, 2.24) is 15.4 Å². The number of carboxylic acid groups (broad SMARTS) is 1. The minimum absolute atomic E-state index is 0.396. The number of imidazole rings is 1. The highest BCUT2D eigenvalue weighted by Gasteiger charge is 2.01. The average Bonchev–Trinajstić information content (AvgIpc) is 2.28. The number of rotatable bonds is 2. The van der Waals surface area contributed by atoms with Crippen molar-refractivity contribution < 1.29 is 9.90 Å². The molecule has 1 rings (SSSR count). The van der Waals surface area contributed by atoms with Crippen molar-refractivity contribution in [2.24, 2.45) is 0 Å². The Morgan fingerprint density at radius 1 is 1.58 bits per heavy atom. The van der Waals surface area contributed by atoms with Gasteiger partial charge in [0, 0.05) is 5.69 Å². The predicted molar refractivity (Wildman–Crippen MR) is 42.8 cm³/mol. The Kier molecular flexibility index (Phi) is 2.18. The number of hydrogen-bond donors (Lipinski definition) is 4. The van der Waals surface area contributed by atoms with Gasteiger partial charge in [0.1, 0.15) is 0 Å². The van der Waals surface area contributed by atoms with Gasteiger partial charge in [-0.25, -0.2) is 15.2 Å². The Labute approximate surface area is 69.0 Å². The Balaban J connectivity index is 2.58. The highest BCUT2D eigenvalue weighted by molar-refractivity contribution is 5.65. The van der Waals surface area contributed by atoms with Gasteiger partial charge in [-0.1, -0.05) is 0 Å². The van der Waals surface area contributed by atoms with E-state index in [2.05, 4.69) is 15.4 Å². The molecule has 0 bridgehead atoms. The number of aromatic nitrogens is 2. The maximum Gasteiger partial charge on any atom is 0.423 e. The zero-order valence-electron chi connectivity index (χ0n) is 6.80.